The SMILES string of the molecule is CC(C)(O)Cn1ccc(NC(=O)C(CC2CCCC2)N2CC(OC3CCC3)=CC2=O)n1. The lowest BCUT2D eigenvalue weighted by Gasteiger charge is -2.30. The largest absolute Gasteiger partial charge is 0.493 e. The Balaban J connectivity index is 1.43. The number of rotatable bonds is 9. The molecule has 2 heterocycles. The molecule has 2 N–H and O–H groups in total. The minimum Gasteiger partial charge on any atom is -0.493 e. The van der Waals surface area contributed by atoms with E-state index in [1.165, 1.54) is 19.3 Å². The highest BCUT2D eigenvalue weighted by Gasteiger charge is 2.37. The van der Waals surface area contributed by atoms with Gasteiger partial charge in [0.05, 0.1) is 24.8 Å². The van der Waals surface area contributed by atoms with Crippen LogP contribution in [0.15, 0.2) is 24.1 Å². The van der Waals surface area contributed by atoms with Crippen LogP contribution in [0.3, 0.4) is 0 Å². The van der Waals surface area contributed by atoms with E-state index in [0.717, 1.165) is 25.7 Å². The summed E-state index contributed by atoms with van der Waals surface area (Å²) in [5, 5.41) is 17.2. The van der Waals surface area contributed by atoms with Crippen LogP contribution in [0, 0.1) is 5.92 Å². The molecule has 1 aromatic rings. The van der Waals surface area contributed by atoms with Crippen LogP contribution in [0.4, 0.5) is 5.82 Å². The highest BCUT2D eigenvalue weighted by Crippen LogP contribution is 2.32. The average molecular weight is 431 g/mol. The van der Waals surface area contributed by atoms with Gasteiger partial charge in [-0.1, -0.05) is 25.7 Å². The van der Waals surface area contributed by atoms with E-state index in [-0.39, 0.29) is 17.9 Å². The molecule has 0 spiro atoms. The van der Waals surface area contributed by atoms with E-state index >= 15 is 0 Å². The molecule has 1 aromatic heterocycles. The summed E-state index contributed by atoms with van der Waals surface area (Å²) in [4.78, 5) is 27.7. The van der Waals surface area contributed by atoms with Crippen molar-refractivity contribution in [2.45, 2.75) is 89.5 Å². The van der Waals surface area contributed by atoms with Gasteiger partial charge in [0.1, 0.15) is 11.8 Å². The van der Waals surface area contributed by atoms with Crippen molar-refractivity contribution in [2.75, 3.05) is 11.9 Å². The summed E-state index contributed by atoms with van der Waals surface area (Å²) in [6.07, 6.45) is 11.9. The first-order valence-corrected chi connectivity index (χ1v) is 11.5. The fraction of sp³-hybridized carbons (Fsp3) is 0.696. The van der Waals surface area contributed by atoms with Gasteiger partial charge in [-0.15, -0.1) is 0 Å². The number of carbonyl (C=O) groups is 2. The van der Waals surface area contributed by atoms with Crippen molar-refractivity contribution < 1.29 is 19.4 Å². The zero-order chi connectivity index (χ0) is 22.0. The monoisotopic (exact) mass is 430 g/mol. The fourth-order valence-corrected chi connectivity index (χ4v) is 4.61. The minimum absolute atomic E-state index is 0.153. The molecule has 2 aliphatic carbocycles. The summed E-state index contributed by atoms with van der Waals surface area (Å²) >= 11 is 0. The molecule has 4 rings (SSSR count). The molecule has 0 bridgehead atoms. The van der Waals surface area contributed by atoms with Crippen LogP contribution in [0.25, 0.3) is 0 Å². The molecule has 31 heavy (non-hydrogen) atoms. The Labute approximate surface area is 183 Å². The van der Waals surface area contributed by atoms with Gasteiger partial charge in [-0.05, 0) is 45.4 Å². The molecule has 1 aliphatic heterocycles. The van der Waals surface area contributed by atoms with Gasteiger partial charge in [-0.25, -0.2) is 0 Å². The van der Waals surface area contributed by atoms with Gasteiger partial charge < -0.3 is 20.1 Å². The number of hydrogen-bond donors (Lipinski definition) is 2. The predicted molar refractivity (Wildman–Crippen MR) is 116 cm³/mol. The Morgan fingerprint density at radius 1 is 1.29 bits per heavy atom. The minimum atomic E-state index is -0.900. The number of carbonyl (C=O) groups excluding carboxylic acids is 2. The second-order valence-corrected chi connectivity index (χ2v) is 9.85. The van der Waals surface area contributed by atoms with Gasteiger partial charge in [0.2, 0.25) is 5.91 Å². The predicted octanol–water partition coefficient (Wildman–Crippen LogP) is 2.84. The Kier molecular flexibility index (Phi) is 6.36. The Bertz CT molecular complexity index is 831. The zero-order valence-corrected chi connectivity index (χ0v) is 18.5. The molecule has 3 aliphatic rings. The van der Waals surface area contributed by atoms with Crippen LogP contribution in [-0.2, 0) is 20.9 Å². The molecule has 0 radical (unpaired) electrons. The summed E-state index contributed by atoms with van der Waals surface area (Å²) in [6, 6.07) is 1.17. The molecule has 1 atom stereocenters. The van der Waals surface area contributed by atoms with Crippen LogP contribution in [0.1, 0.15) is 65.2 Å². The molecule has 2 amide bonds. The topological polar surface area (TPSA) is 96.7 Å². The van der Waals surface area contributed by atoms with Crippen molar-refractivity contribution in [2.24, 2.45) is 5.92 Å². The molecule has 2 saturated carbocycles. The Morgan fingerprint density at radius 2 is 2.03 bits per heavy atom. The maximum absolute atomic E-state index is 13.3. The lowest BCUT2D eigenvalue weighted by molar-refractivity contribution is -0.134. The van der Waals surface area contributed by atoms with Gasteiger partial charge >= 0.3 is 0 Å². The highest BCUT2D eigenvalue weighted by molar-refractivity contribution is 5.99. The number of aliphatic hydroxyl groups is 1. The molecule has 1 unspecified atom stereocenters. The number of ether oxygens (including phenoxy) is 1. The maximum atomic E-state index is 13.3. The van der Waals surface area contributed by atoms with E-state index in [1.807, 2.05) is 0 Å². The number of nitrogens with one attached hydrogen (secondary N) is 1. The Morgan fingerprint density at radius 3 is 2.68 bits per heavy atom. The third-order valence-electron chi connectivity index (χ3n) is 6.42. The summed E-state index contributed by atoms with van der Waals surface area (Å²) < 4.78 is 7.55. The zero-order valence-electron chi connectivity index (χ0n) is 18.5. The summed E-state index contributed by atoms with van der Waals surface area (Å²) in [7, 11) is 0. The van der Waals surface area contributed by atoms with Crippen LogP contribution >= 0.6 is 0 Å². The normalized spacial score (nSPS) is 21.2. The summed E-state index contributed by atoms with van der Waals surface area (Å²) in [5.41, 5.74) is -0.900. The van der Waals surface area contributed by atoms with E-state index in [9.17, 15) is 14.7 Å². The molecule has 2 fully saturated rings. The van der Waals surface area contributed by atoms with Gasteiger partial charge in [0.15, 0.2) is 5.82 Å². The summed E-state index contributed by atoms with van der Waals surface area (Å²) in [5.74, 6) is 1.18. The smallest absolute Gasteiger partial charge is 0.251 e. The molecule has 8 nitrogen and oxygen atoms in total. The van der Waals surface area contributed by atoms with E-state index in [1.54, 1.807) is 41.8 Å². The lowest BCUT2D eigenvalue weighted by Crippen LogP contribution is -2.46. The number of amides is 2. The fourth-order valence-electron chi connectivity index (χ4n) is 4.61. The van der Waals surface area contributed by atoms with Crippen molar-refractivity contribution in [3.8, 4) is 0 Å². The van der Waals surface area contributed by atoms with Crippen molar-refractivity contribution in [3.63, 3.8) is 0 Å². The van der Waals surface area contributed by atoms with Crippen LogP contribution in [0.2, 0.25) is 0 Å². The number of hydrogen-bond acceptors (Lipinski definition) is 5. The van der Waals surface area contributed by atoms with E-state index in [2.05, 4.69) is 10.4 Å². The van der Waals surface area contributed by atoms with E-state index < -0.39 is 11.6 Å². The highest BCUT2D eigenvalue weighted by atomic mass is 16.5. The first-order chi connectivity index (χ1) is 14.8. The van der Waals surface area contributed by atoms with Crippen LogP contribution in [-0.4, -0.2) is 55.9 Å². The molecule has 8 heteroatoms. The number of aromatic nitrogens is 2. The number of anilines is 1. The molecule has 0 aromatic carbocycles. The van der Waals surface area contributed by atoms with Gasteiger partial charge in [0, 0.05) is 18.3 Å². The lowest BCUT2D eigenvalue weighted by atomic mass is 9.96. The third kappa shape index (κ3) is 5.67. The van der Waals surface area contributed by atoms with E-state index in [4.69, 9.17) is 4.74 Å². The second kappa shape index (κ2) is 9.02. The number of nitrogens with zero attached hydrogens (tertiary/aromatic N) is 3. The quantitative estimate of drug-likeness (QED) is 0.628. The molecular weight excluding hydrogens is 396 g/mol. The van der Waals surface area contributed by atoms with Crippen molar-refractivity contribution in [1.29, 1.82) is 0 Å². The van der Waals surface area contributed by atoms with Crippen LogP contribution < -0.4 is 5.32 Å². The third-order valence-corrected chi connectivity index (χ3v) is 6.42. The molecule has 170 valence electrons. The Hall–Kier alpha value is -2.35. The molecule has 0 saturated heterocycles. The maximum Gasteiger partial charge on any atom is 0.251 e. The van der Waals surface area contributed by atoms with E-state index in [0.29, 0.717) is 37.0 Å². The first-order valence-electron chi connectivity index (χ1n) is 11.5. The van der Waals surface area contributed by atoms with Crippen molar-refractivity contribution >= 4 is 17.6 Å². The van der Waals surface area contributed by atoms with Gasteiger partial charge in [0.25, 0.3) is 5.91 Å². The second-order valence-electron chi connectivity index (χ2n) is 9.85. The van der Waals surface area contributed by atoms with Crippen LogP contribution in [0.5, 0.6) is 0 Å². The standard InChI is InChI=1S/C23H34N4O4/c1-23(2,30)15-26-11-10-20(25-26)24-22(29)19(12-16-6-3-4-7-16)27-14-18(13-21(27)28)31-17-8-5-9-17/h10-11,13,16-17,19,30H,3-9,12,14-15H2,1-2H3,(H,24,25,29). The average Bonchev–Trinajstić information content (AvgIpc) is 3.37. The molecular formula is C23H34N4O4. The van der Waals surface area contributed by atoms with Gasteiger partial charge in [-0.2, -0.15) is 5.10 Å². The van der Waals surface area contributed by atoms with Crippen molar-refractivity contribution in [3.05, 3.63) is 24.1 Å². The van der Waals surface area contributed by atoms with Crippen molar-refractivity contribution in [1.82, 2.24) is 14.7 Å². The summed E-state index contributed by atoms with van der Waals surface area (Å²) in [6.45, 7) is 4.09. The first kappa shape index (κ1) is 21.9. The van der Waals surface area contributed by atoms with Gasteiger partial charge in [-0.3, -0.25) is 14.3 Å².